The zero-order valence-corrected chi connectivity index (χ0v) is 11.5. The summed E-state index contributed by atoms with van der Waals surface area (Å²) in [5.41, 5.74) is 7.32. The Bertz CT molecular complexity index is 442. The van der Waals surface area contributed by atoms with Crippen molar-refractivity contribution >= 4 is 0 Å². The van der Waals surface area contributed by atoms with Crippen molar-refractivity contribution in [2.24, 2.45) is 11.7 Å². The standard InChI is InChI=1S/C15H22N2O2/c1-17-6-4-11(5-7-17)13(9-16)12-2-3-14-15(8-12)19-10-18-14/h2-3,8,11,13H,4-7,9-10,16H2,1H3. The van der Waals surface area contributed by atoms with Crippen molar-refractivity contribution in [3.05, 3.63) is 23.8 Å². The topological polar surface area (TPSA) is 47.7 Å². The molecule has 1 fully saturated rings. The lowest BCUT2D eigenvalue weighted by Crippen LogP contribution is -2.34. The Balaban J connectivity index is 1.78. The number of hydrogen-bond acceptors (Lipinski definition) is 4. The van der Waals surface area contributed by atoms with Crippen LogP contribution in [-0.2, 0) is 0 Å². The Kier molecular flexibility index (Phi) is 3.62. The maximum atomic E-state index is 6.03. The Labute approximate surface area is 114 Å². The quantitative estimate of drug-likeness (QED) is 0.902. The molecular formula is C15H22N2O2. The summed E-state index contributed by atoms with van der Waals surface area (Å²) in [7, 11) is 2.19. The van der Waals surface area contributed by atoms with Crippen LogP contribution in [0.1, 0.15) is 24.3 Å². The monoisotopic (exact) mass is 262 g/mol. The van der Waals surface area contributed by atoms with E-state index in [1.54, 1.807) is 0 Å². The van der Waals surface area contributed by atoms with Crippen LogP contribution in [-0.4, -0.2) is 38.4 Å². The van der Waals surface area contributed by atoms with Crippen molar-refractivity contribution in [2.45, 2.75) is 18.8 Å². The molecule has 2 N–H and O–H groups in total. The van der Waals surface area contributed by atoms with Gasteiger partial charge in [0.15, 0.2) is 11.5 Å². The summed E-state index contributed by atoms with van der Waals surface area (Å²) in [6, 6.07) is 6.26. The highest BCUT2D eigenvalue weighted by molar-refractivity contribution is 5.45. The van der Waals surface area contributed by atoms with Crippen LogP contribution >= 0.6 is 0 Å². The van der Waals surface area contributed by atoms with Gasteiger partial charge in [0.1, 0.15) is 0 Å². The van der Waals surface area contributed by atoms with Crippen LogP contribution in [0.3, 0.4) is 0 Å². The fourth-order valence-corrected chi connectivity index (χ4v) is 3.18. The van der Waals surface area contributed by atoms with E-state index in [1.807, 2.05) is 6.07 Å². The molecule has 19 heavy (non-hydrogen) atoms. The van der Waals surface area contributed by atoms with Crippen molar-refractivity contribution in [1.29, 1.82) is 0 Å². The van der Waals surface area contributed by atoms with Crippen LogP contribution in [0, 0.1) is 5.92 Å². The van der Waals surface area contributed by atoms with Gasteiger partial charge in [-0.1, -0.05) is 6.07 Å². The fraction of sp³-hybridized carbons (Fsp3) is 0.600. The van der Waals surface area contributed by atoms with E-state index >= 15 is 0 Å². The summed E-state index contributed by atoms with van der Waals surface area (Å²) < 4.78 is 10.8. The second kappa shape index (κ2) is 5.39. The summed E-state index contributed by atoms with van der Waals surface area (Å²) >= 11 is 0. The molecule has 0 radical (unpaired) electrons. The first-order chi connectivity index (χ1) is 9.28. The molecular weight excluding hydrogens is 240 g/mol. The number of rotatable bonds is 3. The molecule has 1 saturated heterocycles. The van der Waals surface area contributed by atoms with Gasteiger partial charge in [-0.15, -0.1) is 0 Å². The number of hydrogen-bond donors (Lipinski definition) is 1. The molecule has 104 valence electrons. The zero-order chi connectivity index (χ0) is 13.2. The summed E-state index contributed by atoms with van der Waals surface area (Å²) in [6.07, 6.45) is 2.46. The highest BCUT2D eigenvalue weighted by Crippen LogP contribution is 2.38. The predicted octanol–water partition coefficient (Wildman–Crippen LogP) is 1.80. The predicted molar refractivity (Wildman–Crippen MR) is 74.6 cm³/mol. The minimum Gasteiger partial charge on any atom is -0.454 e. The summed E-state index contributed by atoms with van der Waals surface area (Å²) in [5, 5.41) is 0. The molecule has 0 spiro atoms. The van der Waals surface area contributed by atoms with E-state index in [-0.39, 0.29) is 0 Å². The number of nitrogens with zero attached hydrogens (tertiary/aromatic N) is 1. The Morgan fingerprint density at radius 1 is 1.26 bits per heavy atom. The van der Waals surface area contributed by atoms with E-state index in [4.69, 9.17) is 15.2 Å². The number of fused-ring (bicyclic) bond motifs is 1. The number of piperidine rings is 1. The van der Waals surface area contributed by atoms with Gasteiger partial charge >= 0.3 is 0 Å². The second-order valence-corrected chi connectivity index (χ2v) is 5.60. The number of benzene rings is 1. The largest absolute Gasteiger partial charge is 0.454 e. The Morgan fingerprint density at radius 2 is 2.00 bits per heavy atom. The normalized spacial score (nSPS) is 21.6. The summed E-state index contributed by atoms with van der Waals surface area (Å²) in [6.45, 7) is 3.38. The molecule has 2 heterocycles. The first-order valence-electron chi connectivity index (χ1n) is 7.06. The smallest absolute Gasteiger partial charge is 0.231 e. The van der Waals surface area contributed by atoms with E-state index in [0.717, 1.165) is 11.5 Å². The van der Waals surface area contributed by atoms with Gasteiger partial charge in [-0.2, -0.15) is 0 Å². The number of nitrogens with two attached hydrogens (primary N) is 1. The molecule has 0 saturated carbocycles. The van der Waals surface area contributed by atoms with Crippen molar-refractivity contribution in [3.8, 4) is 11.5 Å². The van der Waals surface area contributed by atoms with Crippen molar-refractivity contribution in [2.75, 3.05) is 33.5 Å². The molecule has 1 aromatic rings. The van der Waals surface area contributed by atoms with Crippen LogP contribution in [0.5, 0.6) is 11.5 Å². The molecule has 0 aromatic heterocycles. The van der Waals surface area contributed by atoms with E-state index in [1.165, 1.54) is 31.5 Å². The molecule has 1 unspecified atom stereocenters. The Hall–Kier alpha value is -1.26. The first-order valence-corrected chi connectivity index (χ1v) is 7.06. The second-order valence-electron chi connectivity index (χ2n) is 5.60. The van der Waals surface area contributed by atoms with Gasteiger partial charge in [-0.05, 0) is 69.1 Å². The van der Waals surface area contributed by atoms with Gasteiger partial charge in [0.05, 0.1) is 0 Å². The van der Waals surface area contributed by atoms with Gasteiger partial charge < -0.3 is 20.1 Å². The molecule has 3 rings (SSSR count). The maximum absolute atomic E-state index is 6.03. The molecule has 4 nitrogen and oxygen atoms in total. The molecule has 0 aliphatic carbocycles. The molecule has 4 heteroatoms. The summed E-state index contributed by atoms with van der Waals surface area (Å²) in [5.74, 6) is 2.83. The Morgan fingerprint density at radius 3 is 2.74 bits per heavy atom. The van der Waals surface area contributed by atoms with Gasteiger partial charge in [-0.3, -0.25) is 0 Å². The first kappa shape index (κ1) is 12.8. The average molecular weight is 262 g/mol. The van der Waals surface area contributed by atoms with Gasteiger partial charge in [0.25, 0.3) is 0 Å². The minimum absolute atomic E-state index is 0.334. The van der Waals surface area contributed by atoms with Gasteiger partial charge in [0, 0.05) is 0 Å². The zero-order valence-electron chi connectivity index (χ0n) is 11.5. The van der Waals surface area contributed by atoms with E-state index in [9.17, 15) is 0 Å². The van der Waals surface area contributed by atoms with E-state index in [2.05, 4.69) is 24.1 Å². The number of ether oxygens (including phenoxy) is 2. The third-order valence-corrected chi connectivity index (χ3v) is 4.41. The molecule has 0 bridgehead atoms. The SMILES string of the molecule is CN1CCC(C(CN)c2ccc3c(c2)OCO3)CC1. The van der Waals surface area contributed by atoms with Crippen LogP contribution in [0.2, 0.25) is 0 Å². The highest BCUT2D eigenvalue weighted by Gasteiger charge is 2.27. The minimum atomic E-state index is 0.334. The average Bonchev–Trinajstić information content (AvgIpc) is 2.89. The van der Waals surface area contributed by atoms with Gasteiger partial charge in [0.2, 0.25) is 6.79 Å². The fourth-order valence-electron chi connectivity index (χ4n) is 3.18. The van der Waals surface area contributed by atoms with Crippen molar-refractivity contribution in [1.82, 2.24) is 4.90 Å². The van der Waals surface area contributed by atoms with Crippen molar-refractivity contribution < 1.29 is 9.47 Å². The third-order valence-electron chi connectivity index (χ3n) is 4.41. The van der Waals surface area contributed by atoms with E-state index < -0.39 is 0 Å². The molecule has 2 aliphatic heterocycles. The molecule has 1 atom stereocenters. The lowest BCUT2D eigenvalue weighted by Gasteiger charge is -2.34. The highest BCUT2D eigenvalue weighted by atomic mass is 16.7. The molecule has 0 amide bonds. The van der Waals surface area contributed by atoms with E-state index in [0.29, 0.717) is 25.2 Å². The molecule has 2 aliphatic rings. The van der Waals surface area contributed by atoms with Crippen LogP contribution in [0.25, 0.3) is 0 Å². The number of likely N-dealkylation sites (tertiary alicyclic amines) is 1. The molecule has 1 aromatic carbocycles. The maximum Gasteiger partial charge on any atom is 0.231 e. The third kappa shape index (κ3) is 2.55. The lowest BCUT2D eigenvalue weighted by molar-refractivity contribution is 0.173. The van der Waals surface area contributed by atoms with Gasteiger partial charge in [-0.25, -0.2) is 0 Å². The van der Waals surface area contributed by atoms with Crippen LogP contribution in [0.15, 0.2) is 18.2 Å². The summed E-state index contributed by atoms with van der Waals surface area (Å²) in [4.78, 5) is 2.39. The lowest BCUT2D eigenvalue weighted by atomic mass is 9.80. The van der Waals surface area contributed by atoms with Crippen LogP contribution < -0.4 is 15.2 Å². The van der Waals surface area contributed by atoms with Crippen LogP contribution in [0.4, 0.5) is 0 Å². The van der Waals surface area contributed by atoms with Crippen molar-refractivity contribution in [3.63, 3.8) is 0 Å².